The van der Waals surface area contributed by atoms with Crippen molar-refractivity contribution < 1.29 is 22.4 Å². The number of para-hydroxylation sites is 1. The van der Waals surface area contributed by atoms with Crippen LogP contribution >= 0.6 is 0 Å². The second-order valence-electron chi connectivity index (χ2n) is 7.00. The molecule has 4 rings (SSSR count). The van der Waals surface area contributed by atoms with E-state index in [4.69, 9.17) is 9.15 Å². The smallest absolute Gasteiger partial charge is 0.261 e. The Balaban J connectivity index is 1.62. The third kappa shape index (κ3) is 5.01. The molecule has 168 valence electrons. The second-order valence-corrected chi connectivity index (χ2v) is 8.68. The molecule has 1 amide bonds. The predicted molar refractivity (Wildman–Crippen MR) is 123 cm³/mol. The molecular formula is C23H20N4O5S. The zero-order valence-electron chi connectivity index (χ0n) is 17.8. The molecule has 0 radical (unpaired) electrons. The summed E-state index contributed by atoms with van der Waals surface area (Å²) in [5.74, 6) is 0.831. The van der Waals surface area contributed by atoms with E-state index >= 15 is 0 Å². The Morgan fingerprint density at radius 3 is 2.39 bits per heavy atom. The first-order valence-electron chi connectivity index (χ1n) is 9.83. The maximum absolute atomic E-state index is 12.9. The first-order chi connectivity index (χ1) is 15.9. The molecule has 0 aliphatic carbocycles. The van der Waals surface area contributed by atoms with Crippen molar-refractivity contribution in [3.63, 3.8) is 0 Å². The van der Waals surface area contributed by atoms with E-state index in [0.29, 0.717) is 22.6 Å². The van der Waals surface area contributed by atoms with Crippen LogP contribution in [0.3, 0.4) is 0 Å². The standard InChI is InChI=1S/C23H20N4O5S/c1-15(28)24-17-10-12-19(13-11-17)33(29,30)27-21-9-4-3-8-20(21)23-26-25-22(32-23)16-6-5-7-18(14-16)31-2/h3-14,27H,1-2H3,(H,24,28). The molecule has 9 nitrogen and oxygen atoms in total. The Labute approximate surface area is 190 Å². The lowest BCUT2D eigenvalue weighted by molar-refractivity contribution is -0.114. The van der Waals surface area contributed by atoms with Crippen molar-refractivity contribution in [2.75, 3.05) is 17.1 Å². The molecule has 0 saturated heterocycles. The van der Waals surface area contributed by atoms with Gasteiger partial charge in [0.2, 0.25) is 17.7 Å². The first kappa shape index (κ1) is 22.0. The number of hydrogen-bond donors (Lipinski definition) is 2. The minimum atomic E-state index is -3.91. The zero-order chi connectivity index (χ0) is 23.4. The normalized spacial score (nSPS) is 11.1. The number of carbonyl (C=O) groups excluding carboxylic acids is 1. The molecule has 0 aliphatic heterocycles. The highest BCUT2D eigenvalue weighted by atomic mass is 32.2. The Morgan fingerprint density at radius 1 is 0.939 bits per heavy atom. The van der Waals surface area contributed by atoms with Gasteiger partial charge in [0.1, 0.15) is 5.75 Å². The number of sulfonamides is 1. The van der Waals surface area contributed by atoms with Crippen LogP contribution in [-0.4, -0.2) is 31.6 Å². The summed E-state index contributed by atoms with van der Waals surface area (Å²) in [4.78, 5) is 11.2. The molecule has 0 bridgehead atoms. The van der Waals surface area contributed by atoms with Gasteiger partial charge in [-0.3, -0.25) is 9.52 Å². The topological polar surface area (TPSA) is 123 Å². The lowest BCUT2D eigenvalue weighted by Gasteiger charge is -2.11. The number of methoxy groups -OCH3 is 1. The molecule has 0 fully saturated rings. The van der Waals surface area contributed by atoms with Gasteiger partial charge < -0.3 is 14.5 Å². The summed E-state index contributed by atoms with van der Waals surface area (Å²) in [7, 11) is -2.35. The number of rotatable bonds is 7. The SMILES string of the molecule is COc1cccc(-c2nnc(-c3ccccc3NS(=O)(=O)c3ccc(NC(C)=O)cc3)o2)c1. The molecule has 33 heavy (non-hydrogen) atoms. The highest BCUT2D eigenvalue weighted by Gasteiger charge is 2.19. The van der Waals surface area contributed by atoms with Gasteiger partial charge in [0.25, 0.3) is 10.0 Å². The van der Waals surface area contributed by atoms with Crippen LogP contribution in [0.4, 0.5) is 11.4 Å². The number of amides is 1. The second kappa shape index (κ2) is 9.13. The van der Waals surface area contributed by atoms with Gasteiger partial charge in [-0.2, -0.15) is 0 Å². The lowest BCUT2D eigenvalue weighted by atomic mass is 10.2. The van der Waals surface area contributed by atoms with Gasteiger partial charge in [0.15, 0.2) is 0 Å². The van der Waals surface area contributed by atoms with Gasteiger partial charge in [-0.05, 0) is 54.6 Å². The highest BCUT2D eigenvalue weighted by molar-refractivity contribution is 7.92. The minimum absolute atomic E-state index is 0.0361. The van der Waals surface area contributed by atoms with E-state index in [2.05, 4.69) is 20.2 Å². The molecule has 2 N–H and O–H groups in total. The number of ether oxygens (including phenoxy) is 1. The van der Waals surface area contributed by atoms with Crippen LogP contribution in [0, 0.1) is 0 Å². The van der Waals surface area contributed by atoms with E-state index in [9.17, 15) is 13.2 Å². The minimum Gasteiger partial charge on any atom is -0.497 e. The van der Waals surface area contributed by atoms with E-state index in [0.717, 1.165) is 0 Å². The van der Waals surface area contributed by atoms with Crippen LogP contribution < -0.4 is 14.8 Å². The Hall–Kier alpha value is -4.18. The lowest BCUT2D eigenvalue weighted by Crippen LogP contribution is -2.14. The van der Waals surface area contributed by atoms with Gasteiger partial charge in [-0.1, -0.05) is 18.2 Å². The van der Waals surface area contributed by atoms with Crippen LogP contribution in [0.1, 0.15) is 6.92 Å². The Bertz CT molecular complexity index is 1400. The summed E-state index contributed by atoms with van der Waals surface area (Å²) in [5.41, 5.74) is 1.88. The maximum Gasteiger partial charge on any atom is 0.261 e. The van der Waals surface area contributed by atoms with E-state index in [-0.39, 0.29) is 28.3 Å². The van der Waals surface area contributed by atoms with E-state index < -0.39 is 10.0 Å². The van der Waals surface area contributed by atoms with Gasteiger partial charge in [0, 0.05) is 18.2 Å². The quantitative estimate of drug-likeness (QED) is 0.421. The zero-order valence-corrected chi connectivity index (χ0v) is 18.6. The van der Waals surface area contributed by atoms with Crippen molar-refractivity contribution in [3.8, 4) is 28.7 Å². The van der Waals surface area contributed by atoms with Crippen LogP contribution in [0.25, 0.3) is 22.9 Å². The van der Waals surface area contributed by atoms with Crippen LogP contribution in [0.2, 0.25) is 0 Å². The molecule has 1 heterocycles. The van der Waals surface area contributed by atoms with E-state index in [1.165, 1.54) is 31.2 Å². The first-order valence-corrected chi connectivity index (χ1v) is 11.3. The number of nitrogens with zero attached hydrogens (tertiary/aromatic N) is 2. The molecular weight excluding hydrogens is 444 g/mol. The monoisotopic (exact) mass is 464 g/mol. The summed E-state index contributed by atoms with van der Waals surface area (Å²) in [6.07, 6.45) is 0. The summed E-state index contributed by atoms with van der Waals surface area (Å²) < 4.78 is 39.5. The average molecular weight is 465 g/mol. The highest BCUT2D eigenvalue weighted by Crippen LogP contribution is 2.31. The number of aromatic nitrogens is 2. The van der Waals surface area contributed by atoms with E-state index in [1.807, 2.05) is 0 Å². The molecule has 0 aliphatic rings. The average Bonchev–Trinajstić information content (AvgIpc) is 3.29. The van der Waals surface area contributed by atoms with E-state index in [1.54, 1.807) is 55.6 Å². The summed E-state index contributed by atoms with van der Waals surface area (Å²) in [6.45, 7) is 1.38. The molecule has 4 aromatic rings. The molecule has 10 heteroatoms. The van der Waals surface area contributed by atoms with Gasteiger partial charge in [0.05, 0.1) is 23.3 Å². The third-order valence-corrected chi connectivity index (χ3v) is 6.01. The van der Waals surface area contributed by atoms with Crippen molar-refractivity contribution in [3.05, 3.63) is 72.8 Å². The molecule has 3 aromatic carbocycles. The summed E-state index contributed by atoms with van der Waals surface area (Å²) in [6, 6.07) is 19.7. The van der Waals surface area contributed by atoms with Crippen LogP contribution in [-0.2, 0) is 14.8 Å². The van der Waals surface area contributed by atoms with Crippen LogP contribution in [0.5, 0.6) is 5.75 Å². The fourth-order valence-corrected chi connectivity index (χ4v) is 4.17. The van der Waals surface area contributed by atoms with Crippen LogP contribution in [0.15, 0.2) is 82.1 Å². The predicted octanol–water partition coefficient (Wildman–Crippen LogP) is 4.17. The van der Waals surface area contributed by atoms with Crippen molar-refractivity contribution in [2.45, 2.75) is 11.8 Å². The fraction of sp³-hybridized carbons (Fsp3) is 0.0870. The number of anilines is 2. The van der Waals surface area contributed by atoms with Crippen molar-refractivity contribution >= 4 is 27.3 Å². The van der Waals surface area contributed by atoms with Gasteiger partial charge in [-0.15, -0.1) is 10.2 Å². The van der Waals surface area contributed by atoms with Crippen molar-refractivity contribution in [1.82, 2.24) is 10.2 Å². The summed E-state index contributed by atoms with van der Waals surface area (Å²) >= 11 is 0. The fourth-order valence-electron chi connectivity index (χ4n) is 3.09. The maximum atomic E-state index is 12.9. The van der Waals surface area contributed by atoms with Crippen molar-refractivity contribution in [1.29, 1.82) is 0 Å². The van der Waals surface area contributed by atoms with Gasteiger partial charge >= 0.3 is 0 Å². The molecule has 0 spiro atoms. The number of hydrogen-bond acceptors (Lipinski definition) is 7. The molecule has 0 saturated carbocycles. The summed E-state index contributed by atoms with van der Waals surface area (Å²) in [5, 5.41) is 10.8. The third-order valence-electron chi connectivity index (χ3n) is 4.63. The number of benzene rings is 3. The molecule has 0 unspecified atom stereocenters. The van der Waals surface area contributed by atoms with Crippen molar-refractivity contribution in [2.24, 2.45) is 0 Å². The Kier molecular flexibility index (Phi) is 6.09. The number of carbonyl (C=O) groups is 1. The van der Waals surface area contributed by atoms with Gasteiger partial charge in [-0.25, -0.2) is 8.42 Å². The molecule has 1 aromatic heterocycles. The molecule has 0 atom stereocenters. The largest absolute Gasteiger partial charge is 0.497 e. The number of nitrogens with one attached hydrogen (secondary N) is 2. The Morgan fingerprint density at radius 2 is 1.67 bits per heavy atom.